The lowest BCUT2D eigenvalue weighted by molar-refractivity contribution is 0.661. The third kappa shape index (κ3) is 4.15. The molecule has 0 radical (unpaired) electrons. The van der Waals surface area contributed by atoms with Crippen LogP contribution in [0.2, 0.25) is 0 Å². The van der Waals surface area contributed by atoms with Gasteiger partial charge in [0.15, 0.2) is 0 Å². The molecule has 52 heavy (non-hydrogen) atoms. The first-order valence-electron chi connectivity index (χ1n) is 18.2. The summed E-state index contributed by atoms with van der Waals surface area (Å²) in [5.74, 6) is 0. The summed E-state index contributed by atoms with van der Waals surface area (Å²) in [6, 6.07) is 63.3. The molecule has 1 aromatic heterocycles. The van der Waals surface area contributed by atoms with Crippen LogP contribution in [0.25, 0.3) is 97.0 Å². The van der Waals surface area contributed by atoms with Gasteiger partial charge in [-0.2, -0.15) is 0 Å². The number of fused-ring (bicyclic) bond motifs is 11. The molecule has 0 nitrogen and oxygen atoms in total. The van der Waals surface area contributed by atoms with E-state index in [-0.39, 0.29) is 5.41 Å². The van der Waals surface area contributed by atoms with Gasteiger partial charge >= 0.3 is 0 Å². The Morgan fingerprint density at radius 2 is 0.962 bits per heavy atom. The summed E-state index contributed by atoms with van der Waals surface area (Å²) < 4.78 is 2.74. The molecular formula is C51H34S. The highest BCUT2D eigenvalue weighted by Gasteiger charge is 2.37. The van der Waals surface area contributed by atoms with E-state index < -0.39 is 0 Å². The molecule has 0 bridgehead atoms. The molecule has 0 spiro atoms. The molecule has 1 heterocycles. The maximum absolute atomic E-state index is 2.47. The first-order chi connectivity index (χ1) is 25.6. The number of thiophene rings is 1. The zero-order valence-corrected chi connectivity index (χ0v) is 29.9. The Kier molecular flexibility index (Phi) is 6.27. The van der Waals surface area contributed by atoms with E-state index in [2.05, 4.69) is 184 Å². The van der Waals surface area contributed by atoms with Gasteiger partial charge in [-0.25, -0.2) is 0 Å². The van der Waals surface area contributed by atoms with Gasteiger partial charge in [-0.15, -0.1) is 11.3 Å². The second kappa shape index (κ2) is 11.0. The average molecular weight is 679 g/mol. The van der Waals surface area contributed by atoms with Crippen molar-refractivity contribution in [2.45, 2.75) is 19.3 Å². The highest BCUT2D eigenvalue weighted by molar-refractivity contribution is 7.26. The Labute approximate surface area is 307 Å². The van der Waals surface area contributed by atoms with Crippen molar-refractivity contribution < 1.29 is 0 Å². The first-order valence-corrected chi connectivity index (χ1v) is 19.0. The van der Waals surface area contributed by atoms with Crippen LogP contribution in [0.5, 0.6) is 0 Å². The molecule has 244 valence electrons. The van der Waals surface area contributed by atoms with E-state index in [9.17, 15) is 0 Å². The molecule has 0 fully saturated rings. The second-order valence-corrected chi connectivity index (χ2v) is 15.9. The maximum Gasteiger partial charge on any atom is 0.0434 e. The van der Waals surface area contributed by atoms with Crippen molar-refractivity contribution in [3.05, 3.63) is 181 Å². The number of hydrogen-bond acceptors (Lipinski definition) is 1. The molecule has 10 aromatic rings. The Morgan fingerprint density at radius 1 is 0.385 bits per heavy atom. The van der Waals surface area contributed by atoms with Gasteiger partial charge in [0.1, 0.15) is 0 Å². The molecule has 0 amide bonds. The summed E-state index contributed by atoms with van der Waals surface area (Å²) in [6.45, 7) is 4.78. The van der Waals surface area contributed by atoms with Crippen molar-refractivity contribution in [2.24, 2.45) is 0 Å². The van der Waals surface area contributed by atoms with Crippen molar-refractivity contribution in [3.63, 3.8) is 0 Å². The SMILES string of the molecule is CC1(C)c2ccc(-c3cccc(-c4c5ccccc5c(-c5ccccc5)c5ccccc45)c3)cc2-c2c1ccc1sc3c4ccccc4ccc3c21. The van der Waals surface area contributed by atoms with Crippen LogP contribution in [-0.2, 0) is 5.41 Å². The quantitative estimate of drug-likeness (QED) is 0.163. The molecule has 0 saturated carbocycles. The fraction of sp³-hybridized carbons (Fsp3) is 0.0588. The summed E-state index contributed by atoms with van der Waals surface area (Å²) in [7, 11) is 0. The smallest absolute Gasteiger partial charge is 0.0434 e. The van der Waals surface area contributed by atoms with Gasteiger partial charge in [-0.1, -0.05) is 166 Å². The van der Waals surface area contributed by atoms with Crippen LogP contribution in [0.15, 0.2) is 170 Å². The monoisotopic (exact) mass is 678 g/mol. The highest BCUT2D eigenvalue weighted by atomic mass is 32.1. The largest absolute Gasteiger partial charge is 0.135 e. The van der Waals surface area contributed by atoms with Crippen LogP contribution in [0, 0.1) is 0 Å². The molecule has 0 unspecified atom stereocenters. The zero-order chi connectivity index (χ0) is 34.6. The molecule has 11 rings (SSSR count). The summed E-state index contributed by atoms with van der Waals surface area (Å²) in [5.41, 5.74) is 13.1. The van der Waals surface area contributed by atoms with Crippen LogP contribution < -0.4 is 0 Å². The molecule has 1 aliphatic rings. The molecule has 9 aromatic carbocycles. The number of rotatable bonds is 3. The maximum atomic E-state index is 2.47. The van der Waals surface area contributed by atoms with Crippen LogP contribution in [0.1, 0.15) is 25.0 Å². The van der Waals surface area contributed by atoms with Crippen molar-refractivity contribution in [1.82, 2.24) is 0 Å². The lowest BCUT2D eigenvalue weighted by atomic mass is 9.82. The summed E-state index contributed by atoms with van der Waals surface area (Å²) in [4.78, 5) is 0. The summed E-state index contributed by atoms with van der Waals surface area (Å²) in [5, 5.41) is 10.5. The fourth-order valence-corrected chi connectivity index (χ4v) is 10.5. The summed E-state index contributed by atoms with van der Waals surface area (Å²) in [6.07, 6.45) is 0. The Bertz CT molecular complexity index is 3030. The predicted molar refractivity (Wildman–Crippen MR) is 226 cm³/mol. The topological polar surface area (TPSA) is 0 Å². The van der Waals surface area contributed by atoms with E-state index in [1.807, 2.05) is 11.3 Å². The molecule has 0 N–H and O–H groups in total. The van der Waals surface area contributed by atoms with Crippen LogP contribution in [-0.4, -0.2) is 0 Å². The normalized spacial score (nSPS) is 13.3. The Hall–Kier alpha value is -6.02. The van der Waals surface area contributed by atoms with Crippen molar-refractivity contribution in [2.75, 3.05) is 0 Å². The molecule has 0 atom stereocenters. The van der Waals surface area contributed by atoms with Crippen LogP contribution in [0.4, 0.5) is 0 Å². The minimum Gasteiger partial charge on any atom is -0.135 e. The molecule has 1 aliphatic carbocycles. The average Bonchev–Trinajstić information content (AvgIpc) is 3.69. The molecule has 1 heteroatoms. The third-order valence-corrected chi connectivity index (χ3v) is 12.8. The third-order valence-electron chi connectivity index (χ3n) is 11.6. The number of benzene rings is 9. The molecule has 0 aliphatic heterocycles. The van der Waals surface area contributed by atoms with Gasteiger partial charge in [-0.05, 0) is 106 Å². The lowest BCUT2D eigenvalue weighted by Gasteiger charge is -2.21. The van der Waals surface area contributed by atoms with E-state index in [4.69, 9.17) is 0 Å². The van der Waals surface area contributed by atoms with Gasteiger partial charge in [-0.3, -0.25) is 0 Å². The molecular weight excluding hydrogens is 645 g/mol. The van der Waals surface area contributed by atoms with E-state index in [1.54, 1.807) is 0 Å². The van der Waals surface area contributed by atoms with Gasteiger partial charge in [0.2, 0.25) is 0 Å². The minimum atomic E-state index is -0.0807. The summed E-state index contributed by atoms with van der Waals surface area (Å²) >= 11 is 1.93. The lowest BCUT2D eigenvalue weighted by Crippen LogP contribution is -2.14. The second-order valence-electron chi connectivity index (χ2n) is 14.8. The van der Waals surface area contributed by atoms with E-state index in [0.29, 0.717) is 0 Å². The fourth-order valence-electron chi connectivity index (χ4n) is 9.23. The van der Waals surface area contributed by atoms with Gasteiger partial charge in [0.25, 0.3) is 0 Å². The molecule has 0 saturated heterocycles. The standard InChI is InChI=1S/C51H34S/c1-51(2)43-26-24-34(30-42(43)48-44(51)27-28-45-49(48)41-25-23-31-13-6-7-18-36(31)50(41)52-45)33-16-12-17-35(29-33)47-39-21-10-8-19-37(39)46(32-14-4-3-5-15-32)38-20-9-11-22-40(38)47/h3-30H,1-2H3. The number of hydrogen-bond donors (Lipinski definition) is 0. The zero-order valence-electron chi connectivity index (χ0n) is 29.1. The van der Waals surface area contributed by atoms with Crippen molar-refractivity contribution in [1.29, 1.82) is 0 Å². The Balaban J connectivity index is 1.12. The van der Waals surface area contributed by atoms with Crippen LogP contribution in [0.3, 0.4) is 0 Å². The van der Waals surface area contributed by atoms with Crippen molar-refractivity contribution >= 4 is 63.8 Å². The van der Waals surface area contributed by atoms with E-state index in [1.165, 1.54) is 108 Å². The van der Waals surface area contributed by atoms with Gasteiger partial charge < -0.3 is 0 Å². The first kappa shape index (κ1) is 29.7. The highest BCUT2D eigenvalue weighted by Crippen LogP contribution is 2.55. The van der Waals surface area contributed by atoms with Gasteiger partial charge in [0, 0.05) is 25.6 Å². The van der Waals surface area contributed by atoms with Gasteiger partial charge in [0.05, 0.1) is 0 Å². The predicted octanol–water partition coefficient (Wildman–Crippen LogP) is 14.8. The Morgan fingerprint density at radius 3 is 1.69 bits per heavy atom. The van der Waals surface area contributed by atoms with Crippen molar-refractivity contribution in [3.8, 4) is 44.5 Å². The van der Waals surface area contributed by atoms with E-state index in [0.717, 1.165) is 0 Å². The minimum absolute atomic E-state index is 0.0807. The van der Waals surface area contributed by atoms with Crippen LogP contribution >= 0.6 is 11.3 Å². The van der Waals surface area contributed by atoms with E-state index >= 15 is 0 Å².